The monoisotopic (exact) mass is 248 g/mol. The first-order valence-electron chi connectivity index (χ1n) is 6.47. The minimum atomic E-state index is -0.379. The number of amides is 1. The highest BCUT2D eigenvalue weighted by Gasteiger charge is 2.14. The van der Waals surface area contributed by atoms with Crippen LogP contribution in [0.5, 0.6) is 0 Å². The SMILES string of the molecule is NC(=O)c1cccc(CNCCC2CCCO2)c1. The van der Waals surface area contributed by atoms with E-state index in [1.807, 2.05) is 18.2 Å². The minimum absolute atomic E-state index is 0.379. The number of benzene rings is 1. The van der Waals surface area contributed by atoms with Crippen LogP contribution in [-0.4, -0.2) is 25.2 Å². The number of nitrogens with one attached hydrogen (secondary N) is 1. The molecule has 1 fully saturated rings. The van der Waals surface area contributed by atoms with Gasteiger partial charge in [-0.1, -0.05) is 12.1 Å². The first-order valence-corrected chi connectivity index (χ1v) is 6.47. The lowest BCUT2D eigenvalue weighted by Gasteiger charge is -2.10. The molecule has 0 bridgehead atoms. The lowest BCUT2D eigenvalue weighted by atomic mass is 10.1. The molecule has 3 N–H and O–H groups in total. The Labute approximate surface area is 108 Å². The molecule has 1 saturated heterocycles. The normalized spacial score (nSPS) is 19.0. The molecular formula is C14H20N2O2. The van der Waals surface area contributed by atoms with E-state index in [-0.39, 0.29) is 5.91 Å². The van der Waals surface area contributed by atoms with Crippen molar-refractivity contribution in [3.05, 3.63) is 35.4 Å². The highest BCUT2D eigenvalue weighted by atomic mass is 16.5. The average Bonchev–Trinajstić information content (AvgIpc) is 2.88. The Kier molecular flexibility index (Phi) is 4.73. The molecule has 0 aliphatic carbocycles. The minimum Gasteiger partial charge on any atom is -0.378 e. The van der Waals surface area contributed by atoms with Crippen molar-refractivity contribution in [1.82, 2.24) is 5.32 Å². The van der Waals surface area contributed by atoms with Gasteiger partial charge in [-0.3, -0.25) is 4.79 Å². The maximum Gasteiger partial charge on any atom is 0.248 e. The van der Waals surface area contributed by atoms with Crippen molar-refractivity contribution in [2.75, 3.05) is 13.2 Å². The number of hydrogen-bond donors (Lipinski definition) is 2. The Morgan fingerprint density at radius 3 is 3.11 bits per heavy atom. The topological polar surface area (TPSA) is 64.4 Å². The van der Waals surface area contributed by atoms with Crippen LogP contribution in [0.2, 0.25) is 0 Å². The maximum absolute atomic E-state index is 11.0. The van der Waals surface area contributed by atoms with Gasteiger partial charge in [0.1, 0.15) is 0 Å². The summed E-state index contributed by atoms with van der Waals surface area (Å²) in [6.07, 6.45) is 3.84. The largest absolute Gasteiger partial charge is 0.378 e. The first-order chi connectivity index (χ1) is 8.75. The second kappa shape index (κ2) is 6.52. The lowest BCUT2D eigenvalue weighted by molar-refractivity contribution is 0.1000. The van der Waals surface area contributed by atoms with E-state index < -0.39 is 0 Å². The quantitative estimate of drug-likeness (QED) is 0.749. The van der Waals surface area contributed by atoms with Crippen molar-refractivity contribution in [1.29, 1.82) is 0 Å². The molecule has 98 valence electrons. The molecule has 0 aromatic heterocycles. The van der Waals surface area contributed by atoms with E-state index in [1.165, 1.54) is 12.8 Å². The smallest absolute Gasteiger partial charge is 0.248 e. The van der Waals surface area contributed by atoms with Crippen LogP contribution in [0.25, 0.3) is 0 Å². The molecule has 1 aliphatic rings. The van der Waals surface area contributed by atoms with E-state index in [2.05, 4.69) is 5.32 Å². The van der Waals surface area contributed by atoms with E-state index in [1.54, 1.807) is 6.07 Å². The number of ether oxygens (including phenoxy) is 1. The summed E-state index contributed by atoms with van der Waals surface area (Å²) in [5.41, 5.74) is 6.89. The van der Waals surface area contributed by atoms with Gasteiger partial charge in [-0.2, -0.15) is 0 Å². The Balaban J connectivity index is 1.72. The van der Waals surface area contributed by atoms with Gasteiger partial charge < -0.3 is 15.8 Å². The van der Waals surface area contributed by atoms with E-state index in [0.717, 1.165) is 31.7 Å². The molecule has 0 radical (unpaired) electrons. The van der Waals surface area contributed by atoms with Gasteiger partial charge in [-0.05, 0) is 43.5 Å². The fourth-order valence-corrected chi connectivity index (χ4v) is 2.20. The summed E-state index contributed by atoms with van der Waals surface area (Å²) in [7, 11) is 0. The summed E-state index contributed by atoms with van der Waals surface area (Å²) in [6, 6.07) is 7.42. The molecular weight excluding hydrogens is 228 g/mol. The van der Waals surface area contributed by atoms with Gasteiger partial charge >= 0.3 is 0 Å². The molecule has 2 rings (SSSR count). The Bertz CT molecular complexity index is 401. The van der Waals surface area contributed by atoms with Crippen LogP contribution < -0.4 is 11.1 Å². The number of carbonyl (C=O) groups is 1. The molecule has 1 atom stereocenters. The average molecular weight is 248 g/mol. The van der Waals surface area contributed by atoms with Crippen LogP contribution in [0.15, 0.2) is 24.3 Å². The second-order valence-electron chi connectivity index (χ2n) is 4.67. The molecule has 0 spiro atoms. The van der Waals surface area contributed by atoms with E-state index >= 15 is 0 Å². The van der Waals surface area contributed by atoms with Crippen molar-refractivity contribution in [3.63, 3.8) is 0 Å². The zero-order valence-corrected chi connectivity index (χ0v) is 10.5. The third-order valence-corrected chi connectivity index (χ3v) is 3.21. The molecule has 1 heterocycles. The van der Waals surface area contributed by atoms with Crippen LogP contribution in [0, 0.1) is 0 Å². The summed E-state index contributed by atoms with van der Waals surface area (Å²) in [5.74, 6) is -0.379. The lowest BCUT2D eigenvalue weighted by Crippen LogP contribution is -2.20. The van der Waals surface area contributed by atoms with Gasteiger partial charge in [0.05, 0.1) is 6.10 Å². The Morgan fingerprint density at radius 1 is 1.50 bits per heavy atom. The van der Waals surface area contributed by atoms with Gasteiger partial charge in [0.25, 0.3) is 0 Å². The summed E-state index contributed by atoms with van der Waals surface area (Å²) < 4.78 is 5.55. The summed E-state index contributed by atoms with van der Waals surface area (Å²) >= 11 is 0. The van der Waals surface area contributed by atoms with Crippen molar-refractivity contribution < 1.29 is 9.53 Å². The van der Waals surface area contributed by atoms with E-state index in [0.29, 0.717) is 11.7 Å². The summed E-state index contributed by atoms with van der Waals surface area (Å²) in [6.45, 7) is 2.60. The number of nitrogens with two attached hydrogens (primary N) is 1. The van der Waals surface area contributed by atoms with Crippen LogP contribution >= 0.6 is 0 Å². The fourth-order valence-electron chi connectivity index (χ4n) is 2.20. The number of hydrogen-bond acceptors (Lipinski definition) is 3. The van der Waals surface area contributed by atoms with Gasteiger partial charge in [-0.25, -0.2) is 0 Å². The van der Waals surface area contributed by atoms with Crippen molar-refractivity contribution in [2.45, 2.75) is 31.9 Å². The van der Waals surface area contributed by atoms with Gasteiger partial charge in [-0.15, -0.1) is 0 Å². The molecule has 1 unspecified atom stereocenters. The molecule has 1 aromatic rings. The van der Waals surface area contributed by atoms with Gasteiger partial charge in [0, 0.05) is 18.7 Å². The maximum atomic E-state index is 11.0. The standard InChI is InChI=1S/C14H20N2O2/c15-14(17)12-4-1-3-11(9-12)10-16-7-6-13-5-2-8-18-13/h1,3-4,9,13,16H,2,5-8,10H2,(H2,15,17). The highest BCUT2D eigenvalue weighted by molar-refractivity contribution is 5.92. The second-order valence-corrected chi connectivity index (χ2v) is 4.67. The zero-order chi connectivity index (χ0) is 12.8. The third kappa shape index (κ3) is 3.82. The highest BCUT2D eigenvalue weighted by Crippen LogP contribution is 2.14. The summed E-state index contributed by atoms with van der Waals surface area (Å²) in [5, 5.41) is 3.36. The number of primary amides is 1. The van der Waals surface area contributed by atoms with Gasteiger partial charge in [0.2, 0.25) is 5.91 Å². The number of carbonyl (C=O) groups excluding carboxylic acids is 1. The van der Waals surface area contributed by atoms with Crippen LogP contribution in [-0.2, 0) is 11.3 Å². The molecule has 18 heavy (non-hydrogen) atoms. The Morgan fingerprint density at radius 2 is 2.39 bits per heavy atom. The molecule has 4 heteroatoms. The van der Waals surface area contributed by atoms with Crippen LogP contribution in [0.3, 0.4) is 0 Å². The zero-order valence-electron chi connectivity index (χ0n) is 10.5. The first kappa shape index (κ1) is 13.1. The predicted octanol–water partition coefficient (Wildman–Crippen LogP) is 1.44. The van der Waals surface area contributed by atoms with Crippen molar-refractivity contribution >= 4 is 5.91 Å². The fraction of sp³-hybridized carbons (Fsp3) is 0.500. The van der Waals surface area contributed by atoms with Crippen molar-refractivity contribution in [2.24, 2.45) is 5.73 Å². The molecule has 0 saturated carbocycles. The molecule has 1 aromatic carbocycles. The molecule has 1 amide bonds. The predicted molar refractivity (Wildman–Crippen MR) is 70.3 cm³/mol. The van der Waals surface area contributed by atoms with Crippen LogP contribution in [0.1, 0.15) is 35.2 Å². The third-order valence-electron chi connectivity index (χ3n) is 3.21. The van der Waals surface area contributed by atoms with E-state index in [4.69, 9.17) is 10.5 Å². The van der Waals surface area contributed by atoms with E-state index in [9.17, 15) is 4.79 Å². The Hall–Kier alpha value is -1.39. The molecule has 1 aliphatic heterocycles. The molecule has 4 nitrogen and oxygen atoms in total. The number of rotatable bonds is 6. The summed E-state index contributed by atoms with van der Waals surface area (Å²) in [4.78, 5) is 11.0. The van der Waals surface area contributed by atoms with Gasteiger partial charge in [0.15, 0.2) is 0 Å². The van der Waals surface area contributed by atoms with Crippen LogP contribution in [0.4, 0.5) is 0 Å². The van der Waals surface area contributed by atoms with Crippen molar-refractivity contribution in [3.8, 4) is 0 Å².